The predicted molar refractivity (Wildman–Crippen MR) is 101 cm³/mol. The average molecular weight is 361 g/mol. The summed E-state index contributed by atoms with van der Waals surface area (Å²) in [5, 5.41) is 0. The molecule has 4 rings (SSSR count). The Hall–Kier alpha value is -0.860. The van der Waals surface area contributed by atoms with Gasteiger partial charge < -0.3 is 4.74 Å². The second-order valence-electron chi connectivity index (χ2n) is 10.4. The maximum atomic E-state index is 12.6. The van der Waals surface area contributed by atoms with Crippen molar-refractivity contribution in [2.24, 2.45) is 40.4 Å². The van der Waals surface area contributed by atoms with E-state index < -0.39 is 0 Å². The lowest BCUT2D eigenvalue weighted by Crippen LogP contribution is -2.53. The van der Waals surface area contributed by atoms with Gasteiger partial charge in [-0.15, -0.1) is 0 Å². The molecule has 8 unspecified atom stereocenters. The zero-order valence-electron chi connectivity index (χ0n) is 17.1. The molecule has 0 aromatic heterocycles. The summed E-state index contributed by atoms with van der Waals surface area (Å²) in [6.45, 7) is 8.11. The summed E-state index contributed by atoms with van der Waals surface area (Å²) >= 11 is 0. The number of hydrogen-bond donors (Lipinski definition) is 0. The molecule has 3 heteroatoms. The number of esters is 1. The number of ketones is 1. The number of Topliss-reactive ketones (excluding diaryl/α,β-unsaturated/α-hetero) is 1. The van der Waals surface area contributed by atoms with Crippen molar-refractivity contribution in [3.63, 3.8) is 0 Å². The van der Waals surface area contributed by atoms with E-state index in [-0.39, 0.29) is 29.2 Å². The first-order chi connectivity index (χ1) is 12.3. The van der Waals surface area contributed by atoms with Crippen LogP contribution < -0.4 is 0 Å². The molecular formula is C23H36O3. The topological polar surface area (TPSA) is 43.4 Å². The molecule has 4 fully saturated rings. The molecule has 4 saturated carbocycles. The van der Waals surface area contributed by atoms with Gasteiger partial charge in [-0.25, -0.2) is 0 Å². The Kier molecular flexibility index (Phi) is 4.51. The van der Waals surface area contributed by atoms with Crippen LogP contribution in [-0.4, -0.2) is 17.9 Å². The summed E-state index contributed by atoms with van der Waals surface area (Å²) in [5.74, 6) is 2.86. The molecule has 26 heavy (non-hydrogen) atoms. The molecular weight excluding hydrogens is 324 g/mol. The van der Waals surface area contributed by atoms with E-state index >= 15 is 0 Å². The van der Waals surface area contributed by atoms with E-state index in [1.54, 1.807) is 6.92 Å². The van der Waals surface area contributed by atoms with Crippen LogP contribution in [0.1, 0.15) is 85.5 Å². The van der Waals surface area contributed by atoms with Gasteiger partial charge in [0.05, 0.1) is 5.92 Å². The van der Waals surface area contributed by atoms with Crippen LogP contribution >= 0.6 is 0 Å². The lowest BCUT2D eigenvalue weighted by Gasteiger charge is -2.60. The van der Waals surface area contributed by atoms with E-state index in [0.717, 1.165) is 30.6 Å². The van der Waals surface area contributed by atoms with Gasteiger partial charge in [0.25, 0.3) is 0 Å². The van der Waals surface area contributed by atoms with Crippen molar-refractivity contribution in [3.05, 3.63) is 0 Å². The zero-order chi connectivity index (χ0) is 18.7. The summed E-state index contributed by atoms with van der Waals surface area (Å²) in [4.78, 5) is 24.2. The molecule has 3 nitrogen and oxygen atoms in total. The lowest BCUT2D eigenvalue weighted by atomic mass is 9.45. The summed E-state index contributed by atoms with van der Waals surface area (Å²) in [5.41, 5.74) is 0.527. The van der Waals surface area contributed by atoms with Crippen molar-refractivity contribution in [2.75, 3.05) is 0 Å². The number of fused-ring (bicyclic) bond motifs is 5. The van der Waals surface area contributed by atoms with Crippen molar-refractivity contribution in [2.45, 2.75) is 91.6 Å². The highest BCUT2D eigenvalue weighted by molar-refractivity contribution is 5.81. The predicted octanol–water partition coefficient (Wildman–Crippen LogP) is 5.17. The number of rotatable bonds is 2. The van der Waals surface area contributed by atoms with Gasteiger partial charge in [-0.1, -0.05) is 26.7 Å². The minimum absolute atomic E-state index is 0.0188. The number of carbonyl (C=O) groups excluding carboxylic acids is 2. The molecule has 0 N–H and O–H groups in total. The van der Waals surface area contributed by atoms with Gasteiger partial charge in [0.15, 0.2) is 0 Å². The summed E-state index contributed by atoms with van der Waals surface area (Å²) in [6.07, 6.45) is 11.4. The molecule has 146 valence electrons. The van der Waals surface area contributed by atoms with E-state index in [9.17, 15) is 9.59 Å². The summed E-state index contributed by atoms with van der Waals surface area (Å²) in [6, 6.07) is 0. The quantitative estimate of drug-likeness (QED) is 0.638. The van der Waals surface area contributed by atoms with E-state index in [4.69, 9.17) is 4.74 Å². The molecule has 0 aromatic carbocycles. The summed E-state index contributed by atoms with van der Waals surface area (Å²) in [7, 11) is 0. The molecule has 8 atom stereocenters. The summed E-state index contributed by atoms with van der Waals surface area (Å²) < 4.78 is 5.69. The molecule has 0 aliphatic heterocycles. The van der Waals surface area contributed by atoms with Crippen molar-refractivity contribution in [3.8, 4) is 0 Å². The molecule has 0 aromatic rings. The van der Waals surface area contributed by atoms with Crippen LogP contribution in [0.4, 0.5) is 0 Å². The molecule has 0 saturated heterocycles. The molecule has 0 heterocycles. The maximum absolute atomic E-state index is 12.6. The van der Waals surface area contributed by atoms with Gasteiger partial charge in [0.1, 0.15) is 11.9 Å². The fourth-order valence-corrected chi connectivity index (χ4v) is 8.34. The Morgan fingerprint density at radius 2 is 1.65 bits per heavy atom. The Morgan fingerprint density at radius 1 is 0.885 bits per heavy atom. The number of hydrogen-bond acceptors (Lipinski definition) is 3. The lowest BCUT2D eigenvalue weighted by molar-refractivity contribution is -0.151. The first-order valence-electron chi connectivity index (χ1n) is 10.9. The SMILES string of the molecule is CC(=O)OC1CC2C3CCC4CCCCC4(C)C3CCC2(C)C1C(C)=O. The van der Waals surface area contributed by atoms with Crippen LogP contribution in [0, 0.1) is 40.4 Å². The Balaban J connectivity index is 1.65. The zero-order valence-corrected chi connectivity index (χ0v) is 17.1. The number of carbonyl (C=O) groups is 2. The first kappa shape index (κ1) is 18.5. The third kappa shape index (κ3) is 2.59. The van der Waals surface area contributed by atoms with Crippen molar-refractivity contribution in [1.82, 2.24) is 0 Å². The molecule has 0 radical (unpaired) electrons. The highest BCUT2D eigenvalue weighted by Crippen LogP contribution is 2.67. The van der Waals surface area contributed by atoms with Crippen LogP contribution in [-0.2, 0) is 14.3 Å². The Labute approximate surface area is 158 Å². The van der Waals surface area contributed by atoms with Crippen molar-refractivity contribution < 1.29 is 14.3 Å². The van der Waals surface area contributed by atoms with Gasteiger partial charge in [-0.3, -0.25) is 9.59 Å². The minimum Gasteiger partial charge on any atom is -0.462 e. The van der Waals surface area contributed by atoms with Gasteiger partial charge in [0.2, 0.25) is 0 Å². The minimum atomic E-state index is -0.233. The molecule has 4 aliphatic carbocycles. The second-order valence-corrected chi connectivity index (χ2v) is 10.4. The van der Waals surface area contributed by atoms with Crippen LogP contribution in [0.5, 0.6) is 0 Å². The monoisotopic (exact) mass is 360 g/mol. The fraction of sp³-hybridized carbons (Fsp3) is 0.913. The van der Waals surface area contributed by atoms with Gasteiger partial charge in [-0.05, 0) is 86.4 Å². The van der Waals surface area contributed by atoms with Crippen molar-refractivity contribution >= 4 is 11.8 Å². The maximum Gasteiger partial charge on any atom is 0.302 e. The fourth-order valence-electron chi connectivity index (χ4n) is 8.34. The standard InChI is InChI=1S/C23H36O3/c1-14(24)21-20(26-15(2)25)13-19-17-9-8-16-7-5-6-11-22(16,3)18(17)10-12-23(19,21)4/h16-21H,5-13H2,1-4H3. The third-order valence-electron chi connectivity index (χ3n) is 9.34. The molecule has 0 spiro atoms. The normalized spacial score (nSPS) is 50.3. The third-order valence-corrected chi connectivity index (χ3v) is 9.34. The molecule has 4 aliphatic rings. The molecule has 0 amide bonds. The second kappa shape index (κ2) is 6.34. The van der Waals surface area contributed by atoms with Gasteiger partial charge in [-0.2, -0.15) is 0 Å². The highest BCUT2D eigenvalue weighted by Gasteiger charge is 2.63. The van der Waals surface area contributed by atoms with Crippen LogP contribution in [0.25, 0.3) is 0 Å². The Bertz CT molecular complexity index is 598. The number of ether oxygens (including phenoxy) is 1. The highest BCUT2D eigenvalue weighted by atomic mass is 16.5. The van der Waals surface area contributed by atoms with Crippen LogP contribution in [0.3, 0.4) is 0 Å². The smallest absolute Gasteiger partial charge is 0.302 e. The van der Waals surface area contributed by atoms with Crippen molar-refractivity contribution in [1.29, 1.82) is 0 Å². The van der Waals surface area contributed by atoms with Crippen LogP contribution in [0.2, 0.25) is 0 Å². The van der Waals surface area contributed by atoms with Crippen LogP contribution in [0.15, 0.2) is 0 Å². The van der Waals surface area contributed by atoms with E-state index in [2.05, 4.69) is 13.8 Å². The van der Waals surface area contributed by atoms with E-state index in [0.29, 0.717) is 11.3 Å². The average Bonchev–Trinajstić information content (AvgIpc) is 2.85. The molecule has 0 bridgehead atoms. The van der Waals surface area contributed by atoms with Gasteiger partial charge >= 0.3 is 5.97 Å². The Morgan fingerprint density at radius 3 is 2.35 bits per heavy atom. The van der Waals surface area contributed by atoms with E-state index in [1.807, 2.05) is 0 Å². The largest absolute Gasteiger partial charge is 0.462 e. The van der Waals surface area contributed by atoms with Gasteiger partial charge in [0, 0.05) is 6.92 Å². The van der Waals surface area contributed by atoms with E-state index in [1.165, 1.54) is 51.9 Å². The first-order valence-corrected chi connectivity index (χ1v) is 10.9.